The van der Waals surface area contributed by atoms with Crippen LogP contribution in [0.15, 0.2) is 36.7 Å². The third kappa shape index (κ3) is 3.17. The normalized spacial score (nSPS) is 10.1. The number of carbonyl (C=O) groups is 2. The number of carboxylic acids is 1. The number of anilines is 1. The number of hydrogen-bond donors (Lipinski definition) is 2. The Labute approximate surface area is 114 Å². The van der Waals surface area contributed by atoms with Gasteiger partial charge < -0.3 is 10.4 Å². The van der Waals surface area contributed by atoms with Gasteiger partial charge in [0, 0.05) is 11.8 Å². The molecule has 102 valence electrons. The molecule has 0 spiro atoms. The van der Waals surface area contributed by atoms with Crippen LogP contribution in [0.25, 0.3) is 0 Å². The van der Waals surface area contributed by atoms with Crippen LogP contribution < -0.4 is 5.32 Å². The number of aromatic nitrogens is 1. The lowest BCUT2D eigenvalue weighted by Crippen LogP contribution is -2.13. The molecule has 1 aromatic heterocycles. The molecule has 2 aromatic rings. The Hall–Kier alpha value is -2.76. The van der Waals surface area contributed by atoms with E-state index in [0.29, 0.717) is 5.56 Å². The number of aryl methyl sites for hydroxylation is 1. The number of carboxylic acid groups (broad SMARTS) is 1. The first-order chi connectivity index (χ1) is 9.45. The number of aromatic carboxylic acids is 1. The van der Waals surface area contributed by atoms with E-state index < -0.39 is 17.7 Å². The van der Waals surface area contributed by atoms with Crippen molar-refractivity contribution in [3.63, 3.8) is 0 Å². The Kier molecular flexibility index (Phi) is 3.74. The minimum atomic E-state index is -1.14. The topological polar surface area (TPSA) is 79.3 Å². The molecule has 0 saturated heterocycles. The molecular weight excluding hydrogens is 263 g/mol. The molecule has 0 aliphatic rings. The van der Waals surface area contributed by atoms with Gasteiger partial charge in [0.1, 0.15) is 5.82 Å². The number of amides is 1. The van der Waals surface area contributed by atoms with E-state index in [9.17, 15) is 14.0 Å². The number of nitrogens with one attached hydrogen (secondary N) is 1. The standard InChI is InChI=1S/C14H11FN2O3/c1-8-2-9(4-11(15)3-8)13(18)17-12-5-10(14(19)20)6-16-7-12/h2-7H,1H3,(H,17,18)(H,19,20). The Morgan fingerprint density at radius 1 is 1.15 bits per heavy atom. The minimum absolute atomic E-state index is 0.0433. The van der Waals surface area contributed by atoms with E-state index in [1.165, 1.54) is 30.6 Å². The SMILES string of the molecule is Cc1cc(F)cc(C(=O)Nc2cncc(C(=O)O)c2)c1. The van der Waals surface area contributed by atoms with E-state index >= 15 is 0 Å². The first-order valence-corrected chi connectivity index (χ1v) is 5.72. The van der Waals surface area contributed by atoms with Crippen LogP contribution in [0.3, 0.4) is 0 Å². The average molecular weight is 274 g/mol. The molecule has 2 rings (SSSR count). The zero-order chi connectivity index (χ0) is 14.7. The number of nitrogens with zero attached hydrogens (tertiary/aromatic N) is 1. The van der Waals surface area contributed by atoms with Gasteiger partial charge in [0.15, 0.2) is 0 Å². The number of hydrogen-bond acceptors (Lipinski definition) is 3. The predicted octanol–water partition coefficient (Wildman–Crippen LogP) is 2.48. The maximum Gasteiger partial charge on any atom is 0.337 e. The first kappa shape index (κ1) is 13.7. The van der Waals surface area contributed by atoms with E-state index in [0.717, 1.165) is 6.07 Å². The Bertz CT molecular complexity index is 666. The largest absolute Gasteiger partial charge is 0.478 e. The van der Waals surface area contributed by atoms with E-state index in [4.69, 9.17) is 5.11 Å². The summed E-state index contributed by atoms with van der Waals surface area (Å²) in [6.07, 6.45) is 2.49. The monoisotopic (exact) mass is 274 g/mol. The van der Waals surface area contributed by atoms with Gasteiger partial charge in [-0.2, -0.15) is 0 Å². The summed E-state index contributed by atoms with van der Waals surface area (Å²) in [7, 11) is 0. The third-order valence-electron chi connectivity index (χ3n) is 2.55. The lowest BCUT2D eigenvalue weighted by atomic mass is 10.1. The van der Waals surface area contributed by atoms with Gasteiger partial charge in [-0.1, -0.05) is 0 Å². The van der Waals surface area contributed by atoms with Crippen molar-refractivity contribution in [3.8, 4) is 0 Å². The van der Waals surface area contributed by atoms with Crippen LogP contribution in [0, 0.1) is 12.7 Å². The van der Waals surface area contributed by atoms with Crippen LogP contribution in [0.1, 0.15) is 26.3 Å². The molecule has 1 amide bonds. The summed E-state index contributed by atoms with van der Waals surface area (Å²) in [6.45, 7) is 1.67. The van der Waals surface area contributed by atoms with Crippen molar-refractivity contribution in [2.45, 2.75) is 6.92 Å². The Morgan fingerprint density at radius 2 is 1.90 bits per heavy atom. The fourth-order valence-corrected chi connectivity index (χ4v) is 1.70. The highest BCUT2D eigenvalue weighted by atomic mass is 19.1. The van der Waals surface area contributed by atoms with Gasteiger partial charge in [-0.05, 0) is 36.8 Å². The molecule has 0 unspecified atom stereocenters. The molecule has 6 heteroatoms. The van der Waals surface area contributed by atoms with E-state index in [-0.39, 0.29) is 16.8 Å². The summed E-state index contributed by atoms with van der Waals surface area (Å²) in [5.41, 5.74) is 0.964. The maximum atomic E-state index is 13.2. The number of rotatable bonds is 3. The summed E-state index contributed by atoms with van der Waals surface area (Å²) in [5, 5.41) is 11.3. The van der Waals surface area contributed by atoms with Crippen LogP contribution in [0.2, 0.25) is 0 Å². The molecule has 5 nitrogen and oxygen atoms in total. The molecule has 2 N–H and O–H groups in total. The minimum Gasteiger partial charge on any atom is -0.478 e. The maximum absolute atomic E-state index is 13.2. The number of carbonyl (C=O) groups excluding carboxylic acids is 1. The van der Waals surface area contributed by atoms with Gasteiger partial charge in [0.2, 0.25) is 0 Å². The van der Waals surface area contributed by atoms with Crippen molar-refractivity contribution in [1.82, 2.24) is 4.98 Å². The second kappa shape index (κ2) is 5.48. The fourth-order valence-electron chi connectivity index (χ4n) is 1.70. The Morgan fingerprint density at radius 3 is 2.55 bits per heavy atom. The predicted molar refractivity (Wildman–Crippen MR) is 70.3 cm³/mol. The zero-order valence-corrected chi connectivity index (χ0v) is 10.6. The van der Waals surface area contributed by atoms with Gasteiger partial charge in [-0.3, -0.25) is 9.78 Å². The third-order valence-corrected chi connectivity index (χ3v) is 2.55. The van der Waals surface area contributed by atoms with Gasteiger partial charge in [0.25, 0.3) is 5.91 Å². The van der Waals surface area contributed by atoms with Gasteiger partial charge in [-0.15, -0.1) is 0 Å². The van der Waals surface area contributed by atoms with Crippen LogP contribution >= 0.6 is 0 Å². The molecular formula is C14H11FN2O3. The van der Waals surface area contributed by atoms with E-state index in [1.54, 1.807) is 6.92 Å². The van der Waals surface area contributed by atoms with Crippen molar-refractivity contribution < 1.29 is 19.1 Å². The van der Waals surface area contributed by atoms with Crippen molar-refractivity contribution in [1.29, 1.82) is 0 Å². The number of halogens is 1. The highest BCUT2D eigenvalue weighted by molar-refractivity contribution is 6.04. The second-order valence-electron chi connectivity index (χ2n) is 4.24. The van der Waals surface area contributed by atoms with E-state index in [2.05, 4.69) is 10.3 Å². The molecule has 1 aromatic carbocycles. The molecule has 0 aliphatic carbocycles. The highest BCUT2D eigenvalue weighted by Crippen LogP contribution is 2.13. The summed E-state index contributed by atoms with van der Waals surface area (Å²) in [6, 6.07) is 5.23. The lowest BCUT2D eigenvalue weighted by Gasteiger charge is -2.06. The zero-order valence-electron chi connectivity index (χ0n) is 10.6. The van der Waals surface area contributed by atoms with Crippen LogP contribution in [-0.4, -0.2) is 22.0 Å². The average Bonchev–Trinajstić information content (AvgIpc) is 2.37. The molecule has 0 saturated carbocycles. The molecule has 0 fully saturated rings. The molecule has 0 atom stereocenters. The van der Waals surface area contributed by atoms with E-state index in [1.807, 2.05) is 0 Å². The summed E-state index contributed by atoms with van der Waals surface area (Å²) in [5.74, 6) is -2.18. The van der Waals surface area contributed by atoms with Gasteiger partial charge in [0.05, 0.1) is 17.4 Å². The van der Waals surface area contributed by atoms with Crippen LogP contribution in [0.5, 0.6) is 0 Å². The van der Waals surface area contributed by atoms with Crippen molar-refractivity contribution in [2.75, 3.05) is 5.32 Å². The van der Waals surface area contributed by atoms with Crippen LogP contribution in [-0.2, 0) is 0 Å². The smallest absolute Gasteiger partial charge is 0.337 e. The van der Waals surface area contributed by atoms with Gasteiger partial charge in [-0.25, -0.2) is 9.18 Å². The van der Waals surface area contributed by atoms with Crippen molar-refractivity contribution >= 4 is 17.6 Å². The quantitative estimate of drug-likeness (QED) is 0.901. The number of pyridine rings is 1. The number of benzene rings is 1. The fraction of sp³-hybridized carbons (Fsp3) is 0.0714. The summed E-state index contributed by atoms with van der Waals surface area (Å²) >= 11 is 0. The van der Waals surface area contributed by atoms with Crippen LogP contribution in [0.4, 0.5) is 10.1 Å². The van der Waals surface area contributed by atoms with Crippen molar-refractivity contribution in [3.05, 3.63) is 59.2 Å². The molecule has 20 heavy (non-hydrogen) atoms. The first-order valence-electron chi connectivity index (χ1n) is 5.72. The van der Waals surface area contributed by atoms with Gasteiger partial charge >= 0.3 is 5.97 Å². The second-order valence-corrected chi connectivity index (χ2v) is 4.24. The lowest BCUT2D eigenvalue weighted by molar-refractivity contribution is 0.0696. The van der Waals surface area contributed by atoms with Crippen molar-refractivity contribution in [2.24, 2.45) is 0 Å². The summed E-state index contributed by atoms with van der Waals surface area (Å²) < 4.78 is 13.2. The molecule has 0 bridgehead atoms. The summed E-state index contributed by atoms with van der Waals surface area (Å²) in [4.78, 5) is 26.5. The highest BCUT2D eigenvalue weighted by Gasteiger charge is 2.10. The molecule has 1 heterocycles. The Balaban J connectivity index is 2.23. The molecule has 0 radical (unpaired) electrons. The molecule has 0 aliphatic heterocycles.